The molecule has 1 aliphatic carbocycles. The molecule has 2 aliphatic heterocycles. The highest BCUT2D eigenvalue weighted by Crippen LogP contribution is 2.37. The summed E-state index contributed by atoms with van der Waals surface area (Å²) in [6, 6.07) is -0.816. The van der Waals surface area contributed by atoms with E-state index in [1.165, 1.54) is 0 Å². The molecule has 19 heavy (non-hydrogen) atoms. The number of piperidine rings is 1. The van der Waals surface area contributed by atoms with Crippen LogP contribution >= 0.6 is 0 Å². The van der Waals surface area contributed by atoms with Gasteiger partial charge in [0.25, 0.3) is 0 Å². The lowest BCUT2D eigenvalue weighted by Gasteiger charge is -2.28. The van der Waals surface area contributed by atoms with Gasteiger partial charge in [-0.05, 0) is 19.3 Å². The van der Waals surface area contributed by atoms with Crippen molar-refractivity contribution in [1.82, 2.24) is 10.2 Å². The number of hydrogen-bond donors (Lipinski definition) is 1. The van der Waals surface area contributed by atoms with Gasteiger partial charge in [-0.2, -0.15) is 0 Å². The van der Waals surface area contributed by atoms with Gasteiger partial charge in [-0.1, -0.05) is 12.2 Å². The standard InChI is InChI=1S/C13H14N2O4/c16-10-6-5-9(11(17)14-10)15-12(18)7-3-1-2-4-8(7)13(15)19/h1-2,7-9H,3-6H2,(H,14,16,17)/t7-,8+,9-/m0/s1. The Morgan fingerprint density at radius 3 is 2.11 bits per heavy atom. The first-order valence-electron chi connectivity index (χ1n) is 6.45. The molecule has 0 saturated carbocycles. The molecule has 4 amide bonds. The summed E-state index contributed by atoms with van der Waals surface area (Å²) in [6.45, 7) is 0. The van der Waals surface area contributed by atoms with E-state index in [1.807, 2.05) is 12.2 Å². The summed E-state index contributed by atoms with van der Waals surface area (Å²) in [5.74, 6) is -2.09. The van der Waals surface area contributed by atoms with Crippen LogP contribution < -0.4 is 5.32 Å². The Kier molecular flexibility index (Phi) is 2.73. The number of imide groups is 2. The number of rotatable bonds is 1. The molecule has 6 nitrogen and oxygen atoms in total. The molecular weight excluding hydrogens is 248 g/mol. The molecule has 2 fully saturated rings. The molecule has 1 N–H and O–H groups in total. The normalized spacial score (nSPS) is 34.5. The number of likely N-dealkylation sites (tertiary alicyclic amines) is 1. The first-order chi connectivity index (χ1) is 9.09. The van der Waals surface area contributed by atoms with Crippen molar-refractivity contribution in [1.29, 1.82) is 0 Å². The lowest BCUT2D eigenvalue weighted by molar-refractivity contribution is -0.151. The first kappa shape index (κ1) is 12.1. The third-order valence-corrected chi connectivity index (χ3v) is 4.06. The van der Waals surface area contributed by atoms with Gasteiger partial charge in [-0.25, -0.2) is 0 Å². The summed E-state index contributed by atoms with van der Waals surface area (Å²) in [4.78, 5) is 48.6. The zero-order valence-electron chi connectivity index (χ0n) is 10.3. The highest BCUT2D eigenvalue weighted by molar-refractivity contribution is 6.10. The Morgan fingerprint density at radius 1 is 1.00 bits per heavy atom. The average Bonchev–Trinajstić information content (AvgIpc) is 2.64. The largest absolute Gasteiger partial charge is 0.295 e. The zero-order valence-corrected chi connectivity index (χ0v) is 10.3. The maximum absolute atomic E-state index is 12.3. The summed E-state index contributed by atoms with van der Waals surface area (Å²) in [5.41, 5.74) is 0. The lowest BCUT2D eigenvalue weighted by Crippen LogP contribution is -2.54. The fraction of sp³-hybridized carbons (Fsp3) is 0.538. The van der Waals surface area contributed by atoms with Crippen LogP contribution in [0.2, 0.25) is 0 Å². The molecule has 0 unspecified atom stereocenters. The predicted octanol–water partition coefficient (Wildman–Crippen LogP) is -0.257. The third-order valence-electron chi connectivity index (χ3n) is 4.06. The van der Waals surface area contributed by atoms with Crippen molar-refractivity contribution in [3.63, 3.8) is 0 Å². The fourth-order valence-corrected chi connectivity index (χ4v) is 3.06. The maximum atomic E-state index is 12.3. The van der Waals surface area contributed by atoms with Crippen LogP contribution in [0.1, 0.15) is 25.7 Å². The quantitative estimate of drug-likeness (QED) is 0.521. The van der Waals surface area contributed by atoms with Gasteiger partial charge in [0, 0.05) is 6.42 Å². The second kappa shape index (κ2) is 4.29. The van der Waals surface area contributed by atoms with E-state index in [0.29, 0.717) is 12.8 Å². The van der Waals surface area contributed by atoms with Crippen molar-refractivity contribution < 1.29 is 19.2 Å². The van der Waals surface area contributed by atoms with Crippen LogP contribution in [0.15, 0.2) is 12.2 Å². The minimum atomic E-state index is -0.816. The SMILES string of the molecule is O=C1CC[C@H](N2C(=O)[C@H]3CC=CC[C@H]3C2=O)C(=O)N1. The van der Waals surface area contributed by atoms with Gasteiger partial charge >= 0.3 is 0 Å². The van der Waals surface area contributed by atoms with Gasteiger partial charge < -0.3 is 0 Å². The van der Waals surface area contributed by atoms with Crippen LogP contribution in [0.25, 0.3) is 0 Å². The van der Waals surface area contributed by atoms with Crippen LogP contribution in [0, 0.1) is 11.8 Å². The molecule has 3 atom stereocenters. The molecule has 0 spiro atoms. The number of amides is 4. The number of carbonyl (C=O) groups excluding carboxylic acids is 4. The number of fused-ring (bicyclic) bond motifs is 1. The van der Waals surface area contributed by atoms with E-state index in [0.717, 1.165) is 4.90 Å². The zero-order chi connectivity index (χ0) is 13.6. The van der Waals surface area contributed by atoms with Crippen LogP contribution in [-0.4, -0.2) is 34.6 Å². The molecule has 0 aromatic heterocycles. The smallest absolute Gasteiger partial charge is 0.249 e. The van der Waals surface area contributed by atoms with Gasteiger partial charge in [-0.15, -0.1) is 0 Å². The van der Waals surface area contributed by atoms with Gasteiger partial charge in [0.05, 0.1) is 11.8 Å². The molecule has 0 bridgehead atoms. The molecule has 3 rings (SSSR count). The average molecular weight is 262 g/mol. The minimum Gasteiger partial charge on any atom is -0.295 e. The summed E-state index contributed by atoms with van der Waals surface area (Å²) >= 11 is 0. The van der Waals surface area contributed by atoms with E-state index in [4.69, 9.17) is 0 Å². The molecule has 0 aromatic carbocycles. The Bertz CT molecular complexity index is 485. The van der Waals surface area contributed by atoms with E-state index in [9.17, 15) is 19.2 Å². The molecule has 3 aliphatic rings. The van der Waals surface area contributed by atoms with Crippen molar-refractivity contribution >= 4 is 23.6 Å². The van der Waals surface area contributed by atoms with Gasteiger partial charge in [-0.3, -0.25) is 29.4 Å². The van der Waals surface area contributed by atoms with Crippen molar-refractivity contribution in [2.45, 2.75) is 31.7 Å². The monoisotopic (exact) mass is 262 g/mol. The first-order valence-corrected chi connectivity index (χ1v) is 6.45. The summed E-state index contributed by atoms with van der Waals surface area (Å²) in [7, 11) is 0. The van der Waals surface area contributed by atoms with E-state index in [2.05, 4.69) is 5.32 Å². The molecule has 0 aromatic rings. The molecule has 2 heterocycles. The van der Waals surface area contributed by atoms with Crippen LogP contribution in [0.3, 0.4) is 0 Å². The Hall–Kier alpha value is -1.98. The number of carbonyl (C=O) groups is 4. The second-order valence-corrected chi connectivity index (χ2v) is 5.17. The van der Waals surface area contributed by atoms with Crippen molar-refractivity contribution in [2.24, 2.45) is 11.8 Å². The number of nitrogens with one attached hydrogen (secondary N) is 1. The summed E-state index contributed by atoms with van der Waals surface area (Å²) < 4.78 is 0. The minimum absolute atomic E-state index is 0.168. The van der Waals surface area contributed by atoms with Crippen molar-refractivity contribution in [3.05, 3.63) is 12.2 Å². The highest BCUT2D eigenvalue weighted by Gasteiger charge is 2.51. The molecule has 6 heteroatoms. The third kappa shape index (κ3) is 1.78. The second-order valence-electron chi connectivity index (χ2n) is 5.17. The van der Waals surface area contributed by atoms with E-state index < -0.39 is 11.9 Å². The van der Waals surface area contributed by atoms with Crippen LogP contribution in [-0.2, 0) is 19.2 Å². The number of hydrogen-bond acceptors (Lipinski definition) is 4. The number of allylic oxidation sites excluding steroid dienone is 2. The number of nitrogens with zero attached hydrogens (tertiary/aromatic N) is 1. The molecule has 2 saturated heterocycles. The van der Waals surface area contributed by atoms with E-state index >= 15 is 0 Å². The summed E-state index contributed by atoms with van der Waals surface area (Å²) in [5, 5.41) is 2.19. The van der Waals surface area contributed by atoms with Crippen LogP contribution in [0.5, 0.6) is 0 Å². The highest BCUT2D eigenvalue weighted by atomic mass is 16.2. The molecule has 0 radical (unpaired) electrons. The Morgan fingerprint density at radius 2 is 1.58 bits per heavy atom. The van der Waals surface area contributed by atoms with E-state index in [1.54, 1.807) is 0 Å². The Balaban J connectivity index is 1.85. The van der Waals surface area contributed by atoms with Crippen molar-refractivity contribution in [3.8, 4) is 0 Å². The van der Waals surface area contributed by atoms with Crippen LogP contribution in [0.4, 0.5) is 0 Å². The lowest BCUT2D eigenvalue weighted by atomic mass is 9.85. The topological polar surface area (TPSA) is 83.6 Å². The van der Waals surface area contributed by atoms with E-state index in [-0.39, 0.29) is 42.4 Å². The predicted molar refractivity (Wildman–Crippen MR) is 63.4 cm³/mol. The fourth-order valence-electron chi connectivity index (χ4n) is 3.06. The maximum Gasteiger partial charge on any atom is 0.249 e. The van der Waals surface area contributed by atoms with Gasteiger partial charge in [0.15, 0.2) is 0 Å². The summed E-state index contributed by atoms with van der Waals surface area (Å²) in [6.07, 6.45) is 5.31. The van der Waals surface area contributed by atoms with Gasteiger partial charge in [0.1, 0.15) is 6.04 Å². The Labute approximate surface area is 109 Å². The van der Waals surface area contributed by atoms with Gasteiger partial charge in [0.2, 0.25) is 23.6 Å². The van der Waals surface area contributed by atoms with Crippen molar-refractivity contribution in [2.75, 3.05) is 0 Å². The molecule has 100 valence electrons. The molecular formula is C13H14N2O4.